The number of fused-ring (bicyclic) bond motifs is 1. The highest BCUT2D eigenvalue weighted by molar-refractivity contribution is 5.59. The average molecular weight is 398 g/mol. The Morgan fingerprint density at radius 3 is 2.55 bits per heavy atom. The van der Waals surface area contributed by atoms with E-state index in [4.69, 9.17) is 0 Å². The molecule has 0 amide bonds. The van der Waals surface area contributed by atoms with Crippen LogP contribution in [-0.4, -0.2) is 16.5 Å². The van der Waals surface area contributed by atoms with E-state index in [0.717, 1.165) is 40.3 Å². The monoisotopic (exact) mass is 398 g/mol. The minimum Gasteiger partial charge on any atom is -0.349 e. The van der Waals surface area contributed by atoms with Crippen molar-refractivity contribution in [3.8, 4) is 0 Å². The van der Waals surface area contributed by atoms with Gasteiger partial charge >= 0.3 is 0 Å². The van der Waals surface area contributed by atoms with Crippen LogP contribution in [0.5, 0.6) is 0 Å². The summed E-state index contributed by atoms with van der Waals surface area (Å²) in [7, 11) is 0. The summed E-state index contributed by atoms with van der Waals surface area (Å²) in [4.78, 5) is 11.3. The zero-order valence-electron chi connectivity index (χ0n) is 16.4. The average Bonchev–Trinajstić information content (AvgIpc) is 2.68. The van der Waals surface area contributed by atoms with Crippen LogP contribution < -0.4 is 10.2 Å². The highest BCUT2D eigenvalue weighted by Crippen LogP contribution is 2.35. The molecule has 29 heavy (non-hydrogen) atoms. The Balaban J connectivity index is 1.69. The number of nitrogens with zero attached hydrogens (tertiary/aromatic N) is 3. The zero-order valence-corrected chi connectivity index (χ0v) is 16.4. The van der Waals surface area contributed by atoms with Crippen LogP contribution in [0.15, 0.2) is 36.4 Å². The molecule has 0 bridgehead atoms. The van der Waals surface area contributed by atoms with Crippen LogP contribution >= 0.6 is 0 Å². The normalized spacial score (nSPS) is 15.9. The first kappa shape index (κ1) is 19.2. The first-order valence-corrected chi connectivity index (χ1v) is 9.46. The van der Waals surface area contributed by atoms with Crippen molar-refractivity contribution in [3.05, 3.63) is 76.2 Å². The standard InChI is InChI=1S/C22H21F3N4/c1-12-13(2)26-22(27-17-5-7-19(24)20(25)11-17)28-21(12)29-9-8-15-10-16(23)4-6-18(15)14(29)3/h4-7,10-11,14H,8-9H2,1-3H3,(H,26,27,28). The van der Waals surface area contributed by atoms with E-state index >= 15 is 0 Å². The SMILES string of the molecule is Cc1nc(Nc2ccc(F)c(F)c2)nc(N2CCc3cc(F)ccc3C2C)c1C. The molecule has 2 aromatic carbocycles. The summed E-state index contributed by atoms with van der Waals surface area (Å²) in [5.74, 6) is -0.991. The number of anilines is 3. The molecule has 2 heterocycles. The predicted octanol–water partition coefficient (Wildman–Crippen LogP) is 5.38. The fourth-order valence-electron chi connectivity index (χ4n) is 3.74. The summed E-state index contributed by atoms with van der Waals surface area (Å²) in [5, 5.41) is 2.96. The summed E-state index contributed by atoms with van der Waals surface area (Å²) in [5.41, 5.74) is 4.18. The van der Waals surface area contributed by atoms with E-state index in [1.54, 1.807) is 6.07 Å². The smallest absolute Gasteiger partial charge is 0.229 e. The highest BCUT2D eigenvalue weighted by atomic mass is 19.2. The number of aromatic nitrogens is 2. The van der Waals surface area contributed by atoms with Gasteiger partial charge in [0.2, 0.25) is 5.95 Å². The summed E-state index contributed by atoms with van der Waals surface area (Å²) in [6.07, 6.45) is 0.714. The fraction of sp³-hybridized carbons (Fsp3) is 0.273. The van der Waals surface area contributed by atoms with Crippen LogP contribution in [0.3, 0.4) is 0 Å². The molecule has 0 saturated heterocycles. The predicted molar refractivity (Wildman–Crippen MR) is 107 cm³/mol. The van der Waals surface area contributed by atoms with Crippen molar-refractivity contribution in [1.82, 2.24) is 9.97 Å². The lowest BCUT2D eigenvalue weighted by Crippen LogP contribution is -2.35. The first-order chi connectivity index (χ1) is 13.8. The second kappa shape index (κ2) is 7.39. The van der Waals surface area contributed by atoms with Crippen molar-refractivity contribution in [2.75, 3.05) is 16.8 Å². The first-order valence-electron chi connectivity index (χ1n) is 9.46. The number of benzene rings is 2. The topological polar surface area (TPSA) is 41.1 Å². The van der Waals surface area contributed by atoms with Crippen LogP contribution in [0.2, 0.25) is 0 Å². The molecule has 0 spiro atoms. The van der Waals surface area contributed by atoms with Crippen molar-refractivity contribution in [1.29, 1.82) is 0 Å². The molecule has 1 N–H and O–H groups in total. The van der Waals surface area contributed by atoms with Crippen LogP contribution in [0.1, 0.15) is 35.3 Å². The molecule has 0 aliphatic carbocycles. The third-order valence-electron chi connectivity index (χ3n) is 5.46. The number of aryl methyl sites for hydroxylation is 1. The van der Waals surface area contributed by atoms with Gasteiger partial charge in [0.25, 0.3) is 0 Å². The molecule has 7 heteroatoms. The molecule has 150 valence electrons. The summed E-state index contributed by atoms with van der Waals surface area (Å²) >= 11 is 0. The van der Waals surface area contributed by atoms with Gasteiger partial charge in [-0.05, 0) is 62.6 Å². The molecule has 3 aromatic rings. The number of rotatable bonds is 3. The zero-order chi connectivity index (χ0) is 20.7. The molecule has 1 unspecified atom stereocenters. The minimum atomic E-state index is -0.937. The number of halogens is 3. The molecule has 1 aromatic heterocycles. The molecule has 1 aliphatic rings. The largest absolute Gasteiger partial charge is 0.349 e. The second-order valence-corrected chi connectivity index (χ2v) is 7.30. The van der Waals surface area contributed by atoms with Gasteiger partial charge in [-0.1, -0.05) is 6.07 Å². The van der Waals surface area contributed by atoms with Crippen LogP contribution in [0, 0.1) is 31.3 Å². The van der Waals surface area contributed by atoms with Crippen molar-refractivity contribution in [2.45, 2.75) is 33.2 Å². The molecular formula is C22H21F3N4. The second-order valence-electron chi connectivity index (χ2n) is 7.30. The van der Waals surface area contributed by atoms with E-state index in [9.17, 15) is 13.2 Å². The van der Waals surface area contributed by atoms with E-state index in [1.807, 2.05) is 19.9 Å². The third-order valence-corrected chi connectivity index (χ3v) is 5.46. The van der Waals surface area contributed by atoms with Crippen molar-refractivity contribution < 1.29 is 13.2 Å². The van der Waals surface area contributed by atoms with E-state index < -0.39 is 11.6 Å². The molecular weight excluding hydrogens is 377 g/mol. The summed E-state index contributed by atoms with van der Waals surface area (Å²) in [6, 6.07) is 8.48. The highest BCUT2D eigenvalue weighted by Gasteiger charge is 2.27. The van der Waals surface area contributed by atoms with Crippen molar-refractivity contribution in [3.63, 3.8) is 0 Å². The van der Waals surface area contributed by atoms with Gasteiger partial charge in [-0.15, -0.1) is 0 Å². The Hall–Kier alpha value is -3.09. The fourth-order valence-corrected chi connectivity index (χ4v) is 3.74. The Kier molecular flexibility index (Phi) is 4.90. The summed E-state index contributed by atoms with van der Waals surface area (Å²) < 4.78 is 40.3. The van der Waals surface area contributed by atoms with Crippen molar-refractivity contribution >= 4 is 17.5 Å². The lowest BCUT2D eigenvalue weighted by molar-refractivity contribution is 0.509. The van der Waals surface area contributed by atoms with E-state index in [1.165, 1.54) is 12.1 Å². The van der Waals surface area contributed by atoms with Crippen LogP contribution in [0.4, 0.5) is 30.6 Å². The Bertz CT molecular complexity index is 1080. The lowest BCUT2D eigenvalue weighted by atomic mass is 9.93. The van der Waals surface area contributed by atoms with E-state index in [-0.39, 0.29) is 11.9 Å². The summed E-state index contributed by atoms with van der Waals surface area (Å²) in [6.45, 7) is 6.60. The number of nitrogens with one attached hydrogen (secondary N) is 1. The number of hydrogen-bond donors (Lipinski definition) is 1. The van der Waals surface area contributed by atoms with Gasteiger partial charge in [0.1, 0.15) is 11.6 Å². The maximum absolute atomic E-state index is 13.6. The maximum atomic E-state index is 13.6. The van der Waals surface area contributed by atoms with Gasteiger partial charge in [-0.2, -0.15) is 4.98 Å². The Labute approximate surface area is 167 Å². The van der Waals surface area contributed by atoms with E-state index in [2.05, 4.69) is 27.1 Å². The van der Waals surface area contributed by atoms with E-state index in [0.29, 0.717) is 24.6 Å². The molecule has 4 rings (SSSR count). The van der Waals surface area contributed by atoms with Gasteiger partial charge in [0.15, 0.2) is 11.6 Å². The van der Waals surface area contributed by atoms with Crippen molar-refractivity contribution in [2.24, 2.45) is 0 Å². The number of hydrogen-bond acceptors (Lipinski definition) is 4. The molecule has 0 saturated carbocycles. The molecule has 0 fully saturated rings. The Morgan fingerprint density at radius 1 is 1.00 bits per heavy atom. The van der Waals surface area contributed by atoms with Crippen LogP contribution in [-0.2, 0) is 6.42 Å². The molecule has 4 nitrogen and oxygen atoms in total. The van der Waals surface area contributed by atoms with Gasteiger partial charge < -0.3 is 10.2 Å². The van der Waals surface area contributed by atoms with Gasteiger partial charge in [-0.3, -0.25) is 0 Å². The van der Waals surface area contributed by atoms with Gasteiger partial charge in [0, 0.05) is 29.6 Å². The maximum Gasteiger partial charge on any atom is 0.229 e. The van der Waals surface area contributed by atoms with Crippen LogP contribution in [0.25, 0.3) is 0 Å². The molecule has 0 radical (unpaired) electrons. The molecule has 1 aliphatic heterocycles. The minimum absolute atomic E-state index is 0.0171. The van der Waals surface area contributed by atoms with Gasteiger partial charge in [-0.25, -0.2) is 18.2 Å². The lowest BCUT2D eigenvalue weighted by Gasteiger charge is -2.37. The Morgan fingerprint density at radius 2 is 1.79 bits per heavy atom. The van der Waals surface area contributed by atoms with Gasteiger partial charge in [0.05, 0.1) is 6.04 Å². The third kappa shape index (κ3) is 3.64. The molecule has 1 atom stereocenters. The quantitative estimate of drug-likeness (QED) is 0.643.